The second-order valence-electron chi connectivity index (χ2n) is 4.65. The first-order chi connectivity index (χ1) is 8.46. The minimum Gasteiger partial charge on any atom is -0.508 e. The van der Waals surface area contributed by atoms with Crippen molar-refractivity contribution >= 4 is 9.84 Å². The smallest absolute Gasteiger partial charge is 0.151 e. The van der Waals surface area contributed by atoms with E-state index in [9.17, 15) is 13.5 Å². The van der Waals surface area contributed by atoms with E-state index in [0.29, 0.717) is 18.5 Å². The second kappa shape index (κ2) is 5.16. The Bertz CT molecular complexity index is 527. The first-order valence-corrected chi connectivity index (χ1v) is 7.73. The minimum absolute atomic E-state index is 0.0106. The highest BCUT2D eigenvalue weighted by Gasteiger charge is 2.24. The van der Waals surface area contributed by atoms with Crippen LogP contribution in [0.25, 0.3) is 0 Å². The molecule has 1 saturated heterocycles. The molecular formula is C12H17NO4S. The van der Waals surface area contributed by atoms with Crippen molar-refractivity contribution in [1.82, 2.24) is 5.32 Å². The number of aromatic hydroxyl groups is 2. The molecule has 0 aromatic heterocycles. The topological polar surface area (TPSA) is 86.6 Å². The number of phenols is 2. The fourth-order valence-electron chi connectivity index (χ4n) is 2.14. The molecule has 1 unspecified atom stereocenters. The van der Waals surface area contributed by atoms with Crippen molar-refractivity contribution < 1.29 is 18.6 Å². The maximum absolute atomic E-state index is 11.5. The summed E-state index contributed by atoms with van der Waals surface area (Å²) in [5, 5.41) is 21.9. The Kier molecular flexibility index (Phi) is 3.77. The van der Waals surface area contributed by atoms with Crippen LogP contribution in [0.15, 0.2) is 18.2 Å². The molecule has 0 spiro atoms. The Morgan fingerprint density at radius 3 is 2.78 bits per heavy atom. The molecule has 100 valence electrons. The summed E-state index contributed by atoms with van der Waals surface area (Å²) in [6, 6.07) is 4.33. The van der Waals surface area contributed by atoms with E-state index in [-0.39, 0.29) is 29.0 Å². The zero-order chi connectivity index (χ0) is 13.2. The molecule has 1 aliphatic rings. The molecular weight excluding hydrogens is 254 g/mol. The predicted molar refractivity (Wildman–Crippen MR) is 68.3 cm³/mol. The lowest BCUT2D eigenvalue weighted by molar-refractivity contribution is 0.436. The SMILES string of the molecule is O=S1(=O)CCCC(NCc2ccc(O)cc2O)C1. The van der Waals surface area contributed by atoms with Gasteiger partial charge in [-0.05, 0) is 18.9 Å². The first-order valence-electron chi connectivity index (χ1n) is 5.91. The van der Waals surface area contributed by atoms with E-state index in [4.69, 9.17) is 5.11 Å². The number of sulfone groups is 1. The Balaban J connectivity index is 1.95. The summed E-state index contributed by atoms with van der Waals surface area (Å²) < 4.78 is 22.9. The van der Waals surface area contributed by atoms with Crippen LogP contribution in [-0.4, -0.2) is 36.2 Å². The zero-order valence-electron chi connectivity index (χ0n) is 9.96. The fourth-order valence-corrected chi connectivity index (χ4v) is 3.81. The third-order valence-corrected chi connectivity index (χ3v) is 4.93. The lowest BCUT2D eigenvalue weighted by atomic mass is 10.1. The predicted octanol–water partition coefficient (Wildman–Crippen LogP) is 0.765. The number of nitrogens with one attached hydrogen (secondary N) is 1. The van der Waals surface area contributed by atoms with Crippen LogP contribution in [0.5, 0.6) is 11.5 Å². The lowest BCUT2D eigenvalue weighted by Crippen LogP contribution is -2.39. The molecule has 1 aromatic rings. The van der Waals surface area contributed by atoms with Crippen molar-refractivity contribution in [1.29, 1.82) is 0 Å². The largest absolute Gasteiger partial charge is 0.508 e. The van der Waals surface area contributed by atoms with Crippen molar-refractivity contribution in [2.24, 2.45) is 0 Å². The minimum atomic E-state index is -2.92. The normalized spacial score (nSPS) is 22.8. The van der Waals surface area contributed by atoms with Crippen LogP contribution in [0.4, 0.5) is 0 Å². The van der Waals surface area contributed by atoms with Gasteiger partial charge in [-0.25, -0.2) is 8.42 Å². The molecule has 18 heavy (non-hydrogen) atoms. The van der Waals surface area contributed by atoms with Gasteiger partial charge in [0.1, 0.15) is 11.5 Å². The van der Waals surface area contributed by atoms with Gasteiger partial charge in [-0.1, -0.05) is 6.07 Å². The summed E-state index contributed by atoms with van der Waals surface area (Å²) in [5.74, 6) is 0.458. The summed E-state index contributed by atoms with van der Waals surface area (Å²) in [6.45, 7) is 0.395. The summed E-state index contributed by atoms with van der Waals surface area (Å²) in [6.07, 6.45) is 1.51. The highest BCUT2D eigenvalue weighted by Crippen LogP contribution is 2.22. The van der Waals surface area contributed by atoms with Crippen LogP contribution in [0.1, 0.15) is 18.4 Å². The molecule has 1 atom stereocenters. The van der Waals surface area contributed by atoms with Crippen LogP contribution >= 0.6 is 0 Å². The Morgan fingerprint density at radius 2 is 2.11 bits per heavy atom. The fraction of sp³-hybridized carbons (Fsp3) is 0.500. The van der Waals surface area contributed by atoms with Gasteiger partial charge in [-0.2, -0.15) is 0 Å². The molecule has 0 aliphatic carbocycles. The van der Waals surface area contributed by atoms with E-state index < -0.39 is 9.84 Å². The van der Waals surface area contributed by atoms with E-state index in [1.165, 1.54) is 12.1 Å². The molecule has 0 bridgehead atoms. The summed E-state index contributed by atoms with van der Waals surface area (Å²) in [4.78, 5) is 0. The lowest BCUT2D eigenvalue weighted by Gasteiger charge is -2.23. The molecule has 1 aliphatic heterocycles. The Morgan fingerprint density at radius 1 is 1.33 bits per heavy atom. The molecule has 6 heteroatoms. The summed E-state index contributed by atoms with van der Waals surface area (Å²) in [5.41, 5.74) is 0.649. The maximum atomic E-state index is 11.5. The van der Waals surface area contributed by atoms with E-state index in [2.05, 4.69) is 5.32 Å². The number of phenolic OH excluding ortho intramolecular Hbond substituents is 2. The molecule has 0 amide bonds. The van der Waals surface area contributed by atoms with Crippen molar-refractivity contribution in [2.75, 3.05) is 11.5 Å². The quantitative estimate of drug-likeness (QED) is 0.755. The van der Waals surface area contributed by atoms with Gasteiger partial charge in [0, 0.05) is 24.2 Å². The van der Waals surface area contributed by atoms with Crippen LogP contribution in [0.2, 0.25) is 0 Å². The molecule has 3 N–H and O–H groups in total. The van der Waals surface area contributed by atoms with Crippen LogP contribution in [0, 0.1) is 0 Å². The van der Waals surface area contributed by atoms with Gasteiger partial charge >= 0.3 is 0 Å². The highest BCUT2D eigenvalue weighted by atomic mass is 32.2. The van der Waals surface area contributed by atoms with E-state index in [0.717, 1.165) is 6.42 Å². The molecule has 2 rings (SSSR count). The van der Waals surface area contributed by atoms with Crippen molar-refractivity contribution in [3.63, 3.8) is 0 Å². The van der Waals surface area contributed by atoms with Gasteiger partial charge in [0.25, 0.3) is 0 Å². The second-order valence-corrected chi connectivity index (χ2v) is 6.88. The molecule has 0 saturated carbocycles. The molecule has 5 nitrogen and oxygen atoms in total. The van der Waals surface area contributed by atoms with E-state index in [1.54, 1.807) is 6.07 Å². The monoisotopic (exact) mass is 271 g/mol. The summed E-state index contributed by atoms with van der Waals surface area (Å²) in [7, 11) is -2.92. The molecule has 0 radical (unpaired) electrons. The summed E-state index contributed by atoms with van der Waals surface area (Å²) >= 11 is 0. The number of rotatable bonds is 3. The average molecular weight is 271 g/mol. The van der Waals surface area contributed by atoms with Gasteiger partial charge in [-0.15, -0.1) is 0 Å². The maximum Gasteiger partial charge on any atom is 0.151 e. The van der Waals surface area contributed by atoms with Gasteiger partial charge in [0.05, 0.1) is 11.5 Å². The third-order valence-electron chi connectivity index (χ3n) is 3.11. The van der Waals surface area contributed by atoms with Gasteiger partial charge < -0.3 is 15.5 Å². The zero-order valence-corrected chi connectivity index (χ0v) is 10.8. The molecule has 1 fully saturated rings. The van der Waals surface area contributed by atoms with Crippen LogP contribution in [0.3, 0.4) is 0 Å². The van der Waals surface area contributed by atoms with E-state index >= 15 is 0 Å². The van der Waals surface area contributed by atoms with Gasteiger partial charge in [-0.3, -0.25) is 0 Å². The van der Waals surface area contributed by atoms with Gasteiger partial charge in [0.2, 0.25) is 0 Å². The highest BCUT2D eigenvalue weighted by molar-refractivity contribution is 7.91. The average Bonchev–Trinajstić information content (AvgIpc) is 2.26. The van der Waals surface area contributed by atoms with Crippen LogP contribution < -0.4 is 5.32 Å². The van der Waals surface area contributed by atoms with Gasteiger partial charge in [0.15, 0.2) is 9.84 Å². The molecule has 1 heterocycles. The van der Waals surface area contributed by atoms with E-state index in [1.807, 2.05) is 0 Å². The Hall–Kier alpha value is -1.27. The standard InChI is InChI=1S/C12H17NO4S/c14-11-4-3-9(12(15)6-11)7-13-10-2-1-5-18(16,17)8-10/h3-4,6,10,13-15H,1-2,5,7-8H2. The molecule has 1 aromatic carbocycles. The number of hydrogen-bond acceptors (Lipinski definition) is 5. The third kappa shape index (κ3) is 3.36. The van der Waals surface area contributed by atoms with Crippen molar-refractivity contribution in [3.8, 4) is 11.5 Å². The van der Waals surface area contributed by atoms with Crippen molar-refractivity contribution in [2.45, 2.75) is 25.4 Å². The number of hydrogen-bond donors (Lipinski definition) is 3. The van der Waals surface area contributed by atoms with Crippen LogP contribution in [-0.2, 0) is 16.4 Å². The van der Waals surface area contributed by atoms with Crippen molar-refractivity contribution in [3.05, 3.63) is 23.8 Å². The number of benzene rings is 1. The Labute approximate surface area is 106 Å². The first kappa shape index (κ1) is 13.2.